The van der Waals surface area contributed by atoms with Crippen molar-refractivity contribution in [2.75, 3.05) is 12.3 Å². The fourth-order valence-electron chi connectivity index (χ4n) is 2.97. The van der Waals surface area contributed by atoms with Gasteiger partial charge in [0.05, 0.1) is 5.75 Å². The summed E-state index contributed by atoms with van der Waals surface area (Å²) in [6, 6.07) is 18.1. The number of thioether (sulfide) groups is 1. The Hall–Kier alpha value is -2.77. The molecule has 0 saturated heterocycles. The van der Waals surface area contributed by atoms with Gasteiger partial charge in [0.25, 0.3) is 0 Å². The van der Waals surface area contributed by atoms with Crippen molar-refractivity contribution in [2.24, 2.45) is 0 Å². The lowest BCUT2D eigenvalue weighted by molar-refractivity contribution is -0.118. The summed E-state index contributed by atoms with van der Waals surface area (Å²) in [7, 11) is 0. The Bertz CT molecular complexity index is 1110. The Kier molecular flexibility index (Phi) is 6.17. The SMILES string of the molecule is O=C(CSc1nnc(-c2ccc(F)cc2)c2ccccc12)NCCc1cccs1. The molecule has 2 aromatic carbocycles. The van der Waals surface area contributed by atoms with E-state index in [4.69, 9.17) is 0 Å². The summed E-state index contributed by atoms with van der Waals surface area (Å²) in [5.74, 6) is -0.0396. The highest BCUT2D eigenvalue weighted by Crippen LogP contribution is 2.31. The van der Waals surface area contributed by atoms with Crippen LogP contribution in [0, 0.1) is 5.82 Å². The van der Waals surface area contributed by atoms with E-state index in [0.29, 0.717) is 17.3 Å². The minimum absolute atomic E-state index is 0.0277. The van der Waals surface area contributed by atoms with E-state index >= 15 is 0 Å². The molecule has 0 aliphatic carbocycles. The molecule has 1 amide bonds. The van der Waals surface area contributed by atoms with Gasteiger partial charge in [0.15, 0.2) is 0 Å². The molecule has 0 spiro atoms. The quantitative estimate of drug-likeness (QED) is 0.428. The summed E-state index contributed by atoms with van der Waals surface area (Å²) in [5.41, 5.74) is 1.50. The number of hydrogen-bond donors (Lipinski definition) is 1. The van der Waals surface area contributed by atoms with Crippen molar-refractivity contribution in [1.82, 2.24) is 15.5 Å². The van der Waals surface area contributed by atoms with Gasteiger partial charge in [-0.15, -0.1) is 21.5 Å². The molecule has 0 aliphatic heterocycles. The predicted octanol–water partition coefficient (Wildman–Crippen LogP) is 4.95. The van der Waals surface area contributed by atoms with E-state index in [-0.39, 0.29) is 17.5 Å². The average Bonchev–Trinajstić information content (AvgIpc) is 3.26. The third-order valence-corrected chi connectivity index (χ3v) is 6.30. The number of carbonyl (C=O) groups is 1. The number of hydrogen-bond acceptors (Lipinski definition) is 5. The van der Waals surface area contributed by atoms with E-state index in [1.54, 1.807) is 23.5 Å². The summed E-state index contributed by atoms with van der Waals surface area (Å²) < 4.78 is 13.2. The molecule has 4 rings (SSSR count). The van der Waals surface area contributed by atoms with Crippen LogP contribution in [0.25, 0.3) is 22.0 Å². The largest absolute Gasteiger partial charge is 0.355 e. The highest BCUT2D eigenvalue weighted by Gasteiger charge is 2.13. The molecule has 0 unspecified atom stereocenters. The van der Waals surface area contributed by atoms with Crippen LogP contribution >= 0.6 is 23.1 Å². The molecular weight excluding hydrogens is 405 g/mol. The number of nitrogens with one attached hydrogen (secondary N) is 1. The maximum Gasteiger partial charge on any atom is 0.230 e. The summed E-state index contributed by atoms with van der Waals surface area (Å²) in [4.78, 5) is 13.4. The molecule has 0 radical (unpaired) electrons. The third kappa shape index (κ3) is 4.81. The van der Waals surface area contributed by atoms with E-state index in [2.05, 4.69) is 21.6 Å². The molecule has 0 bridgehead atoms. The van der Waals surface area contributed by atoms with Gasteiger partial charge in [-0.2, -0.15) is 0 Å². The van der Waals surface area contributed by atoms with Crippen LogP contribution in [0.4, 0.5) is 4.39 Å². The van der Waals surface area contributed by atoms with E-state index in [9.17, 15) is 9.18 Å². The van der Waals surface area contributed by atoms with Crippen LogP contribution in [0.5, 0.6) is 0 Å². The Labute approximate surface area is 176 Å². The second-order valence-electron chi connectivity index (χ2n) is 6.37. The Morgan fingerprint density at radius 1 is 1.00 bits per heavy atom. The van der Waals surface area contributed by atoms with Crippen molar-refractivity contribution in [3.8, 4) is 11.3 Å². The monoisotopic (exact) mass is 423 g/mol. The van der Waals surface area contributed by atoms with Crippen LogP contribution in [0.3, 0.4) is 0 Å². The minimum Gasteiger partial charge on any atom is -0.355 e. The van der Waals surface area contributed by atoms with Crippen molar-refractivity contribution in [2.45, 2.75) is 11.4 Å². The van der Waals surface area contributed by atoms with Gasteiger partial charge in [0.2, 0.25) is 5.91 Å². The molecular formula is C22H18FN3OS2. The molecule has 0 aliphatic rings. The van der Waals surface area contributed by atoms with Gasteiger partial charge < -0.3 is 5.32 Å². The van der Waals surface area contributed by atoms with Crippen LogP contribution in [0.1, 0.15) is 4.88 Å². The van der Waals surface area contributed by atoms with Crippen molar-refractivity contribution in [3.63, 3.8) is 0 Å². The van der Waals surface area contributed by atoms with Gasteiger partial charge in [-0.05, 0) is 42.1 Å². The first-order valence-corrected chi connectivity index (χ1v) is 11.0. The Morgan fingerprint density at radius 2 is 1.79 bits per heavy atom. The second-order valence-corrected chi connectivity index (χ2v) is 8.37. The molecule has 0 atom stereocenters. The molecule has 2 heterocycles. The number of thiophene rings is 1. The minimum atomic E-state index is -0.289. The fourth-order valence-corrected chi connectivity index (χ4v) is 4.48. The first-order chi connectivity index (χ1) is 14.2. The van der Waals surface area contributed by atoms with E-state index < -0.39 is 0 Å². The van der Waals surface area contributed by atoms with Crippen molar-refractivity contribution in [1.29, 1.82) is 0 Å². The van der Waals surface area contributed by atoms with Crippen molar-refractivity contribution >= 4 is 39.8 Å². The summed E-state index contributed by atoms with van der Waals surface area (Å²) in [5, 5.41) is 16.2. The number of carbonyl (C=O) groups excluding carboxylic acids is 1. The van der Waals surface area contributed by atoms with Gasteiger partial charge in [0, 0.05) is 27.8 Å². The zero-order valence-corrected chi connectivity index (χ0v) is 17.1. The molecule has 0 saturated carbocycles. The standard InChI is InChI=1S/C22H18FN3OS2/c23-16-9-7-15(8-10-16)21-18-5-1-2-6-19(18)22(26-25-21)29-14-20(27)24-12-11-17-4-3-13-28-17/h1-10,13H,11-12,14H2,(H,24,27). The summed E-state index contributed by atoms with van der Waals surface area (Å²) in [6.45, 7) is 0.621. The van der Waals surface area contributed by atoms with Gasteiger partial charge in [-0.1, -0.05) is 42.1 Å². The average molecular weight is 424 g/mol. The third-order valence-electron chi connectivity index (χ3n) is 4.38. The van der Waals surface area contributed by atoms with E-state index in [0.717, 1.165) is 22.8 Å². The topological polar surface area (TPSA) is 54.9 Å². The lowest BCUT2D eigenvalue weighted by Crippen LogP contribution is -2.27. The number of rotatable bonds is 7. The first-order valence-electron chi connectivity index (χ1n) is 9.14. The highest BCUT2D eigenvalue weighted by atomic mass is 32.2. The number of benzene rings is 2. The maximum absolute atomic E-state index is 13.2. The predicted molar refractivity (Wildman–Crippen MR) is 117 cm³/mol. The Morgan fingerprint density at radius 3 is 2.55 bits per heavy atom. The van der Waals surface area contributed by atoms with Crippen LogP contribution in [0.2, 0.25) is 0 Å². The molecule has 4 aromatic rings. The van der Waals surface area contributed by atoms with Crippen LogP contribution in [-0.4, -0.2) is 28.4 Å². The van der Waals surface area contributed by atoms with Crippen LogP contribution in [-0.2, 0) is 11.2 Å². The number of halogens is 1. The van der Waals surface area contributed by atoms with Gasteiger partial charge in [-0.25, -0.2) is 4.39 Å². The molecule has 2 aromatic heterocycles. The molecule has 146 valence electrons. The van der Waals surface area contributed by atoms with E-state index in [1.807, 2.05) is 35.7 Å². The zero-order chi connectivity index (χ0) is 20.1. The Balaban J connectivity index is 1.46. The number of fused-ring (bicyclic) bond motifs is 1. The molecule has 0 fully saturated rings. The normalized spacial score (nSPS) is 10.9. The second kappa shape index (κ2) is 9.15. The zero-order valence-electron chi connectivity index (χ0n) is 15.5. The van der Waals surface area contributed by atoms with Crippen molar-refractivity contribution in [3.05, 3.63) is 76.7 Å². The summed E-state index contributed by atoms with van der Waals surface area (Å²) in [6.07, 6.45) is 0.836. The fraction of sp³-hybridized carbons (Fsp3) is 0.136. The molecule has 7 heteroatoms. The summed E-state index contributed by atoms with van der Waals surface area (Å²) >= 11 is 3.06. The van der Waals surface area contributed by atoms with Crippen molar-refractivity contribution < 1.29 is 9.18 Å². The van der Waals surface area contributed by atoms with E-state index in [1.165, 1.54) is 28.8 Å². The van der Waals surface area contributed by atoms with Crippen LogP contribution < -0.4 is 5.32 Å². The molecule has 29 heavy (non-hydrogen) atoms. The number of amides is 1. The highest BCUT2D eigenvalue weighted by molar-refractivity contribution is 8.00. The van der Waals surface area contributed by atoms with Gasteiger partial charge in [0.1, 0.15) is 16.5 Å². The number of aromatic nitrogens is 2. The lowest BCUT2D eigenvalue weighted by atomic mass is 10.1. The van der Waals surface area contributed by atoms with Gasteiger partial charge >= 0.3 is 0 Å². The maximum atomic E-state index is 13.2. The van der Waals surface area contributed by atoms with Gasteiger partial charge in [-0.3, -0.25) is 4.79 Å². The molecule has 1 N–H and O–H groups in total. The molecule has 4 nitrogen and oxygen atoms in total. The lowest BCUT2D eigenvalue weighted by Gasteiger charge is -2.09. The smallest absolute Gasteiger partial charge is 0.230 e. The first kappa shape index (κ1) is 19.5. The number of nitrogens with zero attached hydrogens (tertiary/aromatic N) is 2. The van der Waals surface area contributed by atoms with Crippen LogP contribution in [0.15, 0.2) is 71.1 Å².